The molecule has 50 valence electrons. The molecule has 0 radical (unpaired) electrons. The van der Waals surface area contributed by atoms with Crippen LogP contribution in [0, 0.1) is 0 Å². The first-order valence-corrected chi connectivity index (χ1v) is 2.81. The third-order valence-corrected chi connectivity index (χ3v) is 1.05. The zero-order chi connectivity index (χ0) is 7.28. The predicted octanol–water partition coefficient (Wildman–Crippen LogP) is 1.67. The zero-order valence-corrected chi connectivity index (χ0v) is 5.51. The average Bonchev–Trinajstić information content (AvgIpc) is 1.87. The predicted molar refractivity (Wildman–Crippen MR) is 40.2 cm³/mol. The molecule has 0 fully saturated rings. The normalized spacial score (nSPS) is 12.1. The lowest BCUT2D eigenvalue weighted by Gasteiger charge is -2.04. The molecule has 1 unspecified atom stereocenters. The van der Waals surface area contributed by atoms with E-state index in [-0.39, 0.29) is 0 Å². The molecule has 0 aliphatic heterocycles. The lowest BCUT2D eigenvalue weighted by Crippen LogP contribution is -2.03. The Labute approximate surface area is 56.0 Å². The van der Waals surface area contributed by atoms with E-state index in [0.717, 1.165) is 5.57 Å². The Bertz CT molecular complexity index is 125. The third-order valence-electron chi connectivity index (χ3n) is 1.05. The average molecular weight is 124 g/mol. The topological polar surface area (TPSA) is 20.2 Å². The van der Waals surface area contributed by atoms with Crippen LogP contribution in [-0.2, 0) is 0 Å². The summed E-state index contributed by atoms with van der Waals surface area (Å²) in [7, 11) is 0. The molecule has 0 saturated heterocycles. The molecule has 0 amide bonds. The summed E-state index contributed by atoms with van der Waals surface area (Å²) < 4.78 is 0. The molecule has 0 spiro atoms. The van der Waals surface area contributed by atoms with Gasteiger partial charge < -0.3 is 5.11 Å². The van der Waals surface area contributed by atoms with Crippen molar-refractivity contribution in [2.75, 3.05) is 0 Å². The van der Waals surface area contributed by atoms with Crippen molar-refractivity contribution in [2.24, 2.45) is 0 Å². The van der Waals surface area contributed by atoms with Crippen LogP contribution in [0.15, 0.2) is 37.5 Å². The highest BCUT2D eigenvalue weighted by molar-refractivity contribution is 5.11. The van der Waals surface area contributed by atoms with E-state index in [9.17, 15) is 0 Å². The molecule has 0 aromatic heterocycles. The first kappa shape index (κ1) is 8.18. The standard InChI is InChI=1S/C8H12O/c1-4-6-7(3)8(9)5-2/h4-5,8-9H,1-3,6H2. The second-order valence-electron chi connectivity index (χ2n) is 1.83. The van der Waals surface area contributed by atoms with Crippen LogP contribution in [0.1, 0.15) is 6.42 Å². The van der Waals surface area contributed by atoms with Gasteiger partial charge in [-0.25, -0.2) is 0 Å². The van der Waals surface area contributed by atoms with Crippen LogP contribution in [0.3, 0.4) is 0 Å². The summed E-state index contributed by atoms with van der Waals surface area (Å²) in [4.78, 5) is 0. The number of rotatable bonds is 4. The molecule has 0 saturated carbocycles. The first-order valence-electron chi connectivity index (χ1n) is 2.81. The summed E-state index contributed by atoms with van der Waals surface area (Å²) in [6, 6.07) is 0. The number of aliphatic hydroxyl groups is 1. The van der Waals surface area contributed by atoms with Gasteiger partial charge in [0.25, 0.3) is 0 Å². The number of hydrogen-bond acceptors (Lipinski definition) is 1. The van der Waals surface area contributed by atoms with Gasteiger partial charge in [0.15, 0.2) is 0 Å². The molecule has 9 heavy (non-hydrogen) atoms. The van der Waals surface area contributed by atoms with Crippen LogP contribution in [-0.4, -0.2) is 11.2 Å². The summed E-state index contributed by atoms with van der Waals surface area (Å²) in [6.45, 7) is 10.6. The Hall–Kier alpha value is -0.820. The number of allylic oxidation sites excluding steroid dienone is 1. The van der Waals surface area contributed by atoms with Gasteiger partial charge in [-0.2, -0.15) is 0 Å². The fourth-order valence-corrected chi connectivity index (χ4v) is 0.473. The van der Waals surface area contributed by atoms with Crippen molar-refractivity contribution in [3.05, 3.63) is 37.5 Å². The number of aliphatic hydroxyl groups excluding tert-OH is 1. The monoisotopic (exact) mass is 124 g/mol. The molecule has 0 bridgehead atoms. The van der Waals surface area contributed by atoms with Gasteiger partial charge in [-0.3, -0.25) is 0 Å². The molecule has 0 rings (SSSR count). The van der Waals surface area contributed by atoms with Gasteiger partial charge in [0.05, 0.1) is 6.10 Å². The Kier molecular flexibility index (Phi) is 3.72. The van der Waals surface area contributed by atoms with Gasteiger partial charge in [0, 0.05) is 0 Å². The van der Waals surface area contributed by atoms with Gasteiger partial charge in [-0.05, 0) is 12.0 Å². The molecule has 1 nitrogen and oxygen atoms in total. The van der Waals surface area contributed by atoms with E-state index >= 15 is 0 Å². The van der Waals surface area contributed by atoms with Gasteiger partial charge in [-0.15, -0.1) is 13.2 Å². The van der Waals surface area contributed by atoms with Crippen molar-refractivity contribution >= 4 is 0 Å². The molecule has 1 heteroatoms. The molecule has 0 heterocycles. The summed E-state index contributed by atoms with van der Waals surface area (Å²) >= 11 is 0. The maximum absolute atomic E-state index is 8.99. The minimum absolute atomic E-state index is 0.581. The minimum Gasteiger partial charge on any atom is -0.385 e. The summed E-state index contributed by atoms with van der Waals surface area (Å²) in [6.07, 6.45) is 3.22. The Morgan fingerprint density at radius 2 is 2.11 bits per heavy atom. The minimum atomic E-state index is -0.581. The lowest BCUT2D eigenvalue weighted by atomic mass is 10.1. The molecule has 0 aromatic rings. The third kappa shape index (κ3) is 2.88. The quantitative estimate of drug-likeness (QED) is 0.565. The van der Waals surface area contributed by atoms with Crippen LogP contribution in [0.4, 0.5) is 0 Å². The van der Waals surface area contributed by atoms with Crippen molar-refractivity contribution in [1.82, 2.24) is 0 Å². The van der Waals surface area contributed by atoms with E-state index in [1.54, 1.807) is 6.08 Å². The van der Waals surface area contributed by atoms with E-state index in [2.05, 4.69) is 19.7 Å². The van der Waals surface area contributed by atoms with E-state index in [0.29, 0.717) is 6.42 Å². The van der Waals surface area contributed by atoms with Crippen LogP contribution >= 0.6 is 0 Å². The smallest absolute Gasteiger partial charge is 0.0929 e. The van der Waals surface area contributed by atoms with Gasteiger partial charge in [-0.1, -0.05) is 18.7 Å². The Morgan fingerprint density at radius 3 is 2.44 bits per heavy atom. The fraction of sp³-hybridized carbons (Fsp3) is 0.250. The van der Waals surface area contributed by atoms with Crippen LogP contribution in [0.25, 0.3) is 0 Å². The Morgan fingerprint density at radius 1 is 1.56 bits per heavy atom. The SMILES string of the molecule is C=CCC(=C)C(O)C=C. The second kappa shape index (κ2) is 4.10. The van der Waals surface area contributed by atoms with Gasteiger partial charge in [0.1, 0.15) is 0 Å². The van der Waals surface area contributed by atoms with Crippen molar-refractivity contribution in [3.63, 3.8) is 0 Å². The first-order chi connectivity index (χ1) is 4.22. The Balaban J connectivity index is 3.71. The summed E-state index contributed by atoms with van der Waals surface area (Å²) in [5.41, 5.74) is 0.736. The van der Waals surface area contributed by atoms with E-state index in [1.807, 2.05) is 0 Å². The van der Waals surface area contributed by atoms with Crippen molar-refractivity contribution in [1.29, 1.82) is 0 Å². The van der Waals surface area contributed by atoms with Crippen LogP contribution in [0.5, 0.6) is 0 Å². The lowest BCUT2D eigenvalue weighted by molar-refractivity contribution is 0.258. The fourth-order valence-electron chi connectivity index (χ4n) is 0.473. The molecule has 0 aliphatic rings. The molecule has 0 aliphatic carbocycles. The molecule has 1 N–H and O–H groups in total. The molecule has 0 aromatic carbocycles. The maximum Gasteiger partial charge on any atom is 0.0929 e. The van der Waals surface area contributed by atoms with Crippen molar-refractivity contribution in [2.45, 2.75) is 12.5 Å². The highest BCUT2D eigenvalue weighted by atomic mass is 16.3. The maximum atomic E-state index is 8.99. The van der Waals surface area contributed by atoms with E-state index in [1.165, 1.54) is 6.08 Å². The number of hydrogen-bond donors (Lipinski definition) is 1. The molecular weight excluding hydrogens is 112 g/mol. The summed E-state index contributed by atoms with van der Waals surface area (Å²) in [5.74, 6) is 0. The summed E-state index contributed by atoms with van der Waals surface area (Å²) in [5, 5.41) is 8.99. The molecule has 1 atom stereocenters. The van der Waals surface area contributed by atoms with E-state index < -0.39 is 6.10 Å². The van der Waals surface area contributed by atoms with Crippen LogP contribution in [0.2, 0.25) is 0 Å². The van der Waals surface area contributed by atoms with Gasteiger partial charge >= 0.3 is 0 Å². The highest BCUT2D eigenvalue weighted by Crippen LogP contribution is 2.04. The second-order valence-corrected chi connectivity index (χ2v) is 1.83. The highest BCUT2D eigenvalue weighted by Gasteiger charge is 1.99. The zero-order valence-electron chi connectivity index (χ0n) is 5.51. The van der Waals surface area contributed by atoms with Crippen molar-refractivity contribution < 1.29 is 5.11 Å². The van der Waals surface area contributed by atoms with Crippen molar-refractivity contribution in [3.8, 4) is 0 Å². The largest absolute Gasteiger partial charge is 0.385 e. The van der Waals surface area contributed by atoms with E-state index in [4.69, 9.17) is 5.11 Å². The van der Waals surface area contributed by atoms with Gasteiger partial charge in [0.2, 0.25) is 0 Å². The van der Waals surface area contributed by atoms with Crippen LogP contribution < -0.4 is 0 Å². The molecular formula is C8H12O.